The van der Waals surface area contributed by atoms with Crippen LogP contribution >= 0.6 is 0 Å². The van der Waals surface area contributed by atoms with Gasteiger partial charge in [0, 0.05) is 37.7 Å². The first kappa shape index (κ1) is 17.0. The van der Waals surface area contributed by atoms with Crippen LogP contribution in [-0.2, 0) is 4.74 Å². The molecule has 0 N–H and O–H groups in total. The summed E-state index contributed by atoms with van der Waals surface area (Å²) in [5.41, 5.74) is 3.16. The van der Waals surface area contributed by atoms with E-state index >= 15 is 0 Å². The molecule has 0 aliphatic carbocycles. The second kappa shape index (κ2) is 7.34. The van der Waals surface area contributed by atoms with Gasteiger partial charge in [-0.1, -0.05) is 12.1 Å². The highest BCUT2D eigenvalue weighted by atomic mass is 16.5. The molecule has 1 aromatic carbocycles. The summed E-state index contributed by atoms with van der Waals surface area (Å²) in [4.78, 5) is 28.9. The van der Waals surface area contributed by atoms with Crippen LogP contribution in [-0.4, -0.2) is 61.0 Å². The Kier molecular flexibility index (Phi) is 5.19. The number of urea groups is 1. The maximum absolute atomic E-state index is 12.7. The minimum Gasteiger partial charge on any atom is -0.378 e. The van der Waals surface area contributed by atoms with E-state index in [0.29, 0.717) is 39.4 Å². The van der Waals surface area contributed by atoms with Gasteiger partial charge in [0.2, 0.25) is 0 Å². The Balaban J connectivity index is 1.57. The van der Waals surface area contributed by atoms with Crippen molar-refractivity contribution < 1.29 is 14.3 Å². The number of likely N-dealkylation sites (tertiary alicyclic amines) is 1. The third-order valence-corrected chi connectivity index (χ3v) is 5.21. The van der Waals surface area contributed by atoms with E-state index in [1.807, 2.05) is 34.9 Å². The van der Waals surface area contributed by atoms with Crippen molar-refractivity contribution in [1.82, 2.24) is 9.80 Å². The molecule has 2 fully saturated rings. The second-order valence-corrected chi connectivity index (χ2v) is 6.81. The van der Waals surface area contributed by atoms with Crippen molar-refractivity contribution in [2.24, 2.45) is 5.92 Å². The van der Waals surface area contributed by atoms with Gasteiger partial charge in [-0.25, -0.2) is 4.79 Å². The number of carbonyl (C=O) groups is 2. The number of piperidine rings is 1. The summed E-state index contributed by atoms with van der Waals surface area (Å²) in [6.45, 7) is 7.99. The lowest BCUT2D eigenvalue weighted by Gasteiger charge is -2.36. The number of amides is 2. The van der Waals surface area contributed by atoms with Gasteiger partial charge in [0.25, 0.3) is 0 Å². The van der Waals surface area contributed by atoms with Gasteiger partial charge in [-0.2, -0.15) is 0 Å². The molecule has 2 heterocycles. The highest BCUT2D eigenvalue weighted by molar-refractivity contribution is 5.98. The van der Waals surface area contributed by atoms with E-state index in [4.69, 9.17) is 4.74 Å². The van der Waals surface area contributed by atoms with Crippen molar-refractivity contribution in [3.8, 4) is 0 Å². The number of ether oxygens (including phenoxy) is 1. The molecule has 0 saturated carbocycles. The molecule has 0 bridgehead atoms. The number of nitrogens with zero attached hydrogens (tertiary/aromatic N) is 2. The number of ketones is 1. The lowest BCUT2D eigenvalue weighted by atomic mass is 9.88. The molecule has 0 aromatic heterocycles. The Morgan fingerprint density at radius 2 is 1.58 bits per heavy atom. The molecule has 5 nitrogen and oxygen atoms in total. The summed E-state index contributed by atoms with van der Waals surface area (Å²) < 4.78 is 5.30. The van der Waals surface area contributed by atoms with Crippen LogP contribution in [0.4, 0.5) is 4.79 Å². The molecule has 2 saturated heterocycles. The molecule has 0 radical (unpaired) electrons. The fraction of sp³-hybridized carbons (Fsp3) is 0.579. The molecular formula is C19H26N2O3. The van der Waals surface area contributed by atoms with Gasteiger partial charge < -0.3 is 14.5 Å². The molecule has 5 heteroatoms. The maximum Gasteiger partial charge on any atom is 0.320 e. The zero-order chi connectivity index (χ0) is 17.1. The normalized spacial score (nSPS) is 19.4. The monoisotopic (exact) mass is 330 g/mol. The highest BCUT2D eigenvalue weighted by Crippen LogP contribution is 2.24. The standard InChI is InChI=1S/C19H26N2O3/c1-14-3-4-17(13-15(14)2)18(22)16-5-7-20(8-6-16)19(23)21-9-11-24-12-10-21/h3-4,13,16H,5-12H2,1-2H3. The van der Waals surface area contributed by atoms with Crippen molar-refractivity contribution in [3.05, 3.63) is 34.9 Å². The fourth-order valence-corrected chi connectivity index (χ4v) is 3.42. The molecule has 130 valence electrons. The maximum atomic E-state index is 12.7. The summed E-state index contributed by atoms with van der Waals surface area (Å²) in [6.07, 6.45) is 1.50. The van der Waals surface area contributed by atoms with E-state index in [-0.39, 0.29) is 17.7 Å². The molecule has 24 heavy (non-hydrogen) atoms. The molecule has 3 rings (SSSR count). The number of hydrogen-bond acceptors (Lipinski definition) is 3. The average molecular weight is 330 g/mol. The minimum absolute atomic E-state index is 0.0286. The number of benzene rings is 1. The van der Waals surface area contributed by atoms with Crippen molar-refractivity contribution in [2.75, 3.05) is 39.4 Å². The van der Waals surface area contributed by atoms with E-state index in [2.05, 4.69) is 6.92 Å². The first-order valence-corrected chi connectivity index (χ1v) is 8.79. The Hall–Kier alpha value is -1.88. The average Bonchev–Trinajstić information content (AvgIpc) is 2.63. The van der Waals surface area contributed by atoms with Crippen LogP contribution in [0.2, 0.25) is 0 Å². The number of aryl methyl sites for hydroxylation is 2. The summed E-state index contributed by atoms with van der Waals surface area (Å²) in [5, 5.41) is 0. The third kappa shape index (κ3) is 3.61. The van der Waals surface area contributed by atoms with E-state index in [0.717, 1.165) is 24.0 Å². The van der Waals surface area contributed by atoms with Crippen LogP contribution in [0.1, 0.15) is 34.3 Å². The van der Waals surface area contributed by atoms with Crippen LogP contribution < -0.4 is 0 Å². The van der Waals surface area contributed by atoms with E-state index in [1.165, 1.54) is 5.56 Å². The number of carbonyl (C=O) groups excluding carboxylic acids is 2. The quantitative estimate of drug-likeness (QED) is 0.783. The van der Waals surface area contributed by atoms with E-state index in [1.54, 1.807) is 0 Å². The van der Waals surface area contributed by atoms with Gasteiger partial charge in [-0.15, -0.1) is 0 Å². The predicted octanol–water partition coefficient (Wildman–Crippen LogP) is 2.65. The molecule has 2 amide bonds. The smallest absolute Gasteiger partial charge is 0.320 e. The molecule has 0 spiro atoms. The first-order valence-electron chi connectivity index (χ1n) is 8.79. The van der Waals surface area contributed by atoms with Crippen molar-refractivity contribution >= 4 is 11.8 Å². The summed E-state index contributed by atoms with van der Waals surface area (Å²) in [5.74, 6) is 0.248. The van der Waals surface area contributed by atoms with Gasteiger partial charge in [0.05, 0.1) is 13.2 Å². The second-order valence-electron chi connectivity index (χ2n) is 6.81. The molecule has 0 atom stereocenters. The lowest BCUT2D eigenvalue weighted by Crippen LogP contribution is -2.50. The first-order chi connectivity index (χ1) is 11.6. The number of rotatable bonds is 2. The summed E-state index contributed by atoms with van der Waals surface area (Å²) in [6, 6.07) is 6.02. The van der Waals surface area contributed by atoms with Gasteiger partial charge in [0.1, 0.15) is 0 Å². The SMILES string of the molecule is Cc1ccc(C(=O)C2CCN(C(=O)N3CCOCC3)CC2)cc1C. The number of morpholine rings is 1. The van der Waals surface area contributed by atoms with Crippen LogP contribution in [0.3, 0.4) is 0 Å². The summed E-state index contributed by atoms with van der Waals surface area (Å²) >= 11 is 0. The Bertz CT molecular complexity index is 615. The minimum atomic E-state index is 0.0286. The number of hydrogen-bond donors (Lipinski definition) is 0. The van der Waals surface area contributed by atoms with E-state index in [9.17, 15) is 9.59 Å². The predicted molar refractivity (Wildman–Crippen MR) is 92.3 cm³/mol. The largest absolute Gasteiger partial charge is 0.378 e. The number of Topliss-reactive ketones (excluding diaryl/α,β-unsaturated/α-hetero) is 1. The third-order valence-electron chi connectivity index (χ3n) is 5.21. The molecule has 0 unspecified atom stereocenters. The van der Waals surface area contributed by atoms with Gasteiger partial charge >= 0.3 is 6.03 Å². The Labute approximate surface area is 143 Å². The van der Waals surface area contributed by atoms with Crippen LogP contribution in [0.5, 0.6) is 0 Å². The van der Waals surface area contributed by atoms with Crippen LogP contribution in [0.25, 0.3) is 0 Å². The highest BCUT2D eigenvalue weighted by Gasteiger charge is 2.30. The zero-order valence-corrected chi connectivity index (χ0v) is 14.6. The molecule has 1 aromatic rings. The lowest BCUT2D eigenvalue weighted by molar-refractivity contribution is 0.0397. The fourth-order valence-electron chi connectivity index (χ4n) is 3.42. The molecule has 2 aliphatic rings. The van der Waals surface area contributed by atoms with Crippen molar-refractivity contribution in [2.45, 2.75) is 26.7 Å². The summed E-state index contributed by atoms with van der Waals surface area (Å²) in [7, 11) is 0. The Morgan fingerprint density at radius 3 is 2.21 bits per heavy atom. The topological polar surface area (TPSA) is 49.9 Å². The Morgan fingerprint density at radius 1 is 0.958 bits per heavy atom. The van der Waals surface area contributed by atoms with Crippen molar-refractivity contribution in [3.63, 3.8) is 0 Å². The molecule has 2 aliphatic heterocycles. The van der Waals surface area contributed by atoms with Crippen molar-refractivity contribution in [1.29, 1.82) is 0 Å². The zero-order valence-electron chi connectivity index (χ0n) is 14.6. The van der Waals surface area contributed by atoms with Gasteiger partial charge in [0.15, 0.2) is 5.78 Å². The van der Waals surface area contributed by atoms with Crippen LogP contribution in [0.15, 0.2) is 18.2 Å². The van der Waals surface area contributed by atoms with E-state index < -0.39 is 0 Å². The molecular weight excluding hydrogens is 304 g/mol. The van der Waals surface area contributed by atoms with Gasteiger partial charge in [-0.3, -0.25) is 4.79 Å². The van der Waals surface area contributed by atoms with Gasteiger partial charge in [-0.05, 0) is 43.9 Å². The van der Waals surface area contributed by atoms with Crippen LogP contribution in [0, 0.1) is 19.8 Å².